The summed E-state index contributed by atoms with van der Waals surface area (Å²) in [5.41, 5.74) is -1.22. The number of alkyl halides is 3. The number of nitrogens with one attached hydrogen (secondary N) is 1. The van der Waals surface area contributed by atoms with E-state index in [1.807, 2.05) is 0 Å². The molecule has 0 fully saturated rings. The fraction of sp³-hybridized carbons (Fsp3) is 0.154. The van der Waals surface area contributed by atoms with Gasteiger partial charge < -0.3 is 5.32 Å². The molecule has 1 aliphatic rings. The van der Waals surface area contributed by atoms with Crippen LogP contribution in [0.2, 0.25) is 0 Å². The summed E-state index contributed by atoms with van der Waals surface area (Å²) in [6, 6.07) is 1.94. The standard InChI is InChI=1S/C13H7F4N3S/c14-8-5-7(13(15,16)17)10(12-18-2-1-3-19-12)6-4-9(21)20-11(6)8/h1-3,5H,4H2,(H,20,21). The summed E-state index contributed by atoms with van der Waals surface area (Å²) in [6.07, 6.45) is -2.02. The van der Waals surface area contributed by atoms with Gasteiger partial charge in [-0.15, -0.1) is 0 Å². The third kappa shape index (κ3) is 2.35. The molecule has 108 valence electrons. The van der Waals surface area contributed by atoms with Crippen LogP contribution in [0.25, 0.3) is 11.4 Å². The third-order valence-corrected chi connectivity index (χ3v) is 3.33. The summed E-state index contributed by atoms with van der Waals surface area (Å²) >= 11 is 4.93. The van der Waals surface area contributed by atoms with E-state index in [1.165, 1.54) is 18.5 Å². The van der Waals surface area contributed by atoms with Crippen LogP contribution in [-0.2, 0) is 12.6 Å². The molecule has 2 aromatic rings. The summed E-state index contributed by atoms with van der Waals surface area (Å²) in [7, 11) is 0. The minimum atomic E-state index is -4.71. The minimum absolute atomic E-state index is 0.0269. The molecule has 0 spiro atoms. The molecule has 8 heteroatoms. The number of nitrogens with zero attached hydrogens (tertiary/aromatic N) is 2. The van der Waals surface area contributed by atoms with Crippen LogP contribution in [-0.4, -0.2) is 15.0 Å². The van der Waals surface area contributed by atoms with Crippen molar-refractivity contribution < 1.29 is 17.6 Å². The molecule has 21 heavy (non-hydrogen) atoms. The number of hydrogen-bond donors (Lipinski definition) is 1. The maximum Gasteiger partial charge on any atom is 0.417 e. The van der Waals surface area contributed by atoms with E-state index in [0.29, 0.717) is 6.07 Å². The molecule has 1 N–H and O–H groups in total. The first-order valence-corrected chi connectivity index (χ1v) is 6.28. The molecule has 0 saturated heterocycles. The number of aromatic nitrogens is 2. The maximum atomic E-state index is 13.9. The van der Waals surface area contributed by atoms with E-state index < -0.39 is 17.6 Å². The van der Waals surface area contributed by atoms with Gasteiger partial charge in [-0.2, -0.15) is 13.2 Å². The Balaban J connectivity index is 2.35. The Labute approximate surface area is 122 Å². The monoisotopic (exact) mass is 313 g/mol. The quantitative estimate of drug-likeness (QED) is 0.645. The van der Waals surface area contributed by atoms with Crippen molar-refractivity contribution in [1.82, 2.24) is 9.97 Å². The highest BCUT2D eigenvalue weighted by molar-refractivity contribution is 7.80. The lowest BCUT2D eigenvalue weighted by molar-refractivity contribution is -0.137. The first-order chi connectivity index (χ1) is 9.88. The third-order valence-electron chi connectivity index (χ3n) is 3.08. The highest BCUT2D eigenvalue weighted by Crippen LogP contribution is 2.43. The Morgan fingerprint density at radius 3 is 2.48 bits per heavy atom. The number of rotatable bonds is 1. The second-order valence-corrected chi connectivity index (χ2v) is 4.92. The van der Waals surface area contributed by atoms with Gasteiger partial charge in [0, 0.05) is 24.4 Å². The van der Waals surface area contributed by atoms with E-state index in [0.717, 1.165) is 0 Å². The van der Waals surface area contributed by atoms with Crippen molar-refractivity contribution in [3.8, 4) is 11.4 Å². The molecule has 1 aliphatic heterocycles. The van der Waals surface area contributed by atoms with Gasteiger partial charge >= 0.3 is 6.18 Å². The number of halogens is 4. The lowest BCUT2D eigenvalue weighted by atomic mass is 9.97. The van der Waals surface area contributed by atoms with E-state index in [1.54, 1.807) is 0 Å². The Kier molecular flexibility index (Phi) is 3.12. The molecule has 0 unspecified atom stereocenters. The highest BCUT2D eigenvalue weighted by atomic mass is 32.1. The Morgan fingerprint density at radius 2 is 1.86 bits per heavy atom. The molecule has 0 amide bonds. The van der Waals surface area contributed by atoms with Crippen molar-refractivity contribution in [3.05, 3.63) is 41.5 Å². The van der Waals surface area contributed by atoms with Gasteiger partial charge in [0.25, 0.3) is 0 Å². The molecule has 0 saturated carbocycles. The smallest absolute Gasteiger partial charge is 0.347 e. The van der Waals surface area contributed by atoms with Gasteiger partial charge in [-0.05, 0) is 17.7 Å². The van der Waals surface area contributed by atoms with Crippen molar-refractivity contribution in [2.45, 2.75) is 12.6 Å². The average molecular weight is 313 g/mol. The molecule has 1 aromatic carbocycles. The summed E-state index contributed by atoms with van der Waals surface area (Å²) in [5.74, 6) is -1.09. The fourth-order valence-corrected chi connectivity index (χ4v) is 2.51. The zero-order valence-electron chi connectivity index (χ0n) is 10.3. The number of anilines is 1. The highest BCUT2D eigenvalue weighted by Gasteiger charge is 2.39. The van der Waals surface area contributed by atoms with Crippen molar-refractivity contribution in [3.63, 3.8) is 0 Å². The lowest BCUT2D eigenvalue weighted by Gasteiger charge is -2.16. The van der Waals surface area contributed by atoms with Crippen LogP contribution >= 0.6 is 12.2 Å². The van der Waals surface area contributed by atoms with Gasteiger partial charge in [-0.3, -0.25) is 0 Å². The summed E-state index contributed by atoms with van der Waals surface area (Å²) in [5, 5.41) is 2.59. The zero-order chi connectivity index (χ0) is 15.2. The summed E-state index contributed by atoms with van der Waals surface area (Å²) in [6.45, 7) is 0. The molecular formula is C13H7F4N3S. The second-order valence-electron chi connectivity index (χ2n) is 4.43. The molecule has 0 atom stereocenters. The average Bonchev–Trinajstić information content (AvgIpc) is 2.80. The van der Waals surface area contributed by atoms with Gasteiger partial charge in [0.1, 0.15) is 5.82 Å². The topological polar surface area (TPSA) is 37.8 Å². The van der Waals surface area contributed by atoms with Crippen molar-refractivity contribution in [2.24, 2.45) is 0 Å². The Hall–Kier alpha value is -2.09. The first kappa shape index (κ1) is 13.9. The number of thiocarbonyl (C=S) groups is 1. The van der Waals surface area contributed by atoms with Gasteiger partial charge in [-0.25, -0.2) is 14.4 Å². The number of hydrogen-bond acceptors (Lipinski definition) is 3. The maximum absolute atomic E-state index is 13.9. The molecule has 0 radical (unpaired) electrons. The number of fused-ring (bicyclic) bond motifs is 1. The van der Waals surface area contributed by atoms with Crippen LogP contribution in [0.5, 0.6) is 0 Å². The largest absolute Gasteiger partial charge is 0.417 e. The van der Waals surface area contributed by atoms with Gasteiger partial charge in [-0.1, -0.05) is 12.2 Å². The van der Waals surface area contributed by atoms with Crippen LogP contribution in [0.15, 0.2) is 24.5 Å². The molecular weight excluding hydrogens is 306 g/mol. The van der Waals surface area contributed by atoms with Crippen LogP contribution < -0.4 is 5.32 Å². The fourth-order valence-electron chi connectivity index (χ4n) is 2.27. The minimum Gasteiger partial charge on any atom is -0.347 e. The first-order valence-electron chi connectivity index (χ1n) is 5.87. The van der Waals surface area contributed by atoms with Crippen molar-refractivity contribution in [1.29, 1.82) is 0 Å². The predicted octanol–water partition coefficient (Wildman–Crippen LogP) is 3.60. The Bertz CT molecular complexity index is 728. The Morgan fingerprint density at radius 1 is 1.19 bits per heavy atom. The van der Waals surface area contributed by atoms with Crippen molar-refractivity contribution >= 4 is 22.9 Å². The van der Waals surface area contributed by atoms with E-state index >= 15 is 0 Å². The molecule has 3 rings (SSSR count). The number of benzene rings is 1. The van der Waals surface area contributed by atoms with Crippen LogP contribution in [0, 0.1) is 5.82 Å². The molecule has 0 bridgehead atoms. The van der Waals surface area contributed by atoms with Crippen LogP contribution in [0.4, 0.5) is 23.2 Å². The van der Waals surface area contributed by atoms with Gasteiger partial charge in [0.2, 0.25) is 0 Å². The van der Waals surface area contributed by atoms with E-state index in [2.05, 4.69) is 15.3 Å². The summed E-state index contributed by atoms with van der Waals surface area (Å²) in [4.78, 5) is 7.97. The van der Waals surface area contributed by atoms with Crippen molar-refractivity contribution in [2.75, 3.05) is 5.32 Å². The van der Waals surface area contributed by atoms with E-state index in [9.17, 15) is 17.6 Å². The molecule has 1 aromatic heterocycles. The van der Waals surface area contributed by atoms with Crippen LogP contribution in [0.3, 0.4) is 0 Å². The van der Waals surface area contributed by atoms with Gasteiger partial charge in [0.05, 0.1) is 16.2 Å². The molecule has 2 heterocycles. The predicted molar refractivity (Wildman–Crippen MR) is 72.4 cm³/mol. The summed E-state index contributed by atoms with van der Waals surface area (Å²) < 4.78 is 53.5. The lowest BCUT2D eigenvalue weighted by Crippen LogP contribution is -2.11. The van der Waals surface area contributed by atoms with Crippen LogP contribution in [0.1, 0.15) is 11.1 Å². The normalized spacial score (nSPS) is 14.0. The molecule has 3 nitrogen and oxygen atoms in total. The SMILES string of the molecule is Fc1cc(C(F)(F)F)c(-c2ncccn2)c2c1NC(=S)C2. The van der Waals surface area contributed by atoms with Gasteiger partial charge in [0.15, 0.2) is 5.82 Å². The van der Waals surface area contributed by atoms with E-state index in [4.69, 9.17) is 12.2 Å². The molecule has 0 aliphatic carbocycles. The second kappa shape index (κ2) is 4.73. The van der Waals surface area contributed by atoms with E-state index in [-0.39, 0.29) is 34.0 Å². The zero-order valence-corrected chi connectivity index (χ0v) is 11.1.